The van der Waals surface area contributed by atoms with E-state index in [9.17, 15) is 0 Å². The van der Waals surface area contributed by atoms with Crippen molar-refractivity contribution in [1.29, 1.82) is 0 Å². The Hall–Kier alpha value is -5.69. The first kappa shape index (κ1) is 36.9. The number of nitrogens with zero attached hydrogens (tertiary/aromatic N) is 2. The molecular weight excluding hydrogens is 721 g/mol. The average Bonchev–Trinajstić information content (AvgIpc) is 3.43. The molecule has 0 fully saturated rings. The Kier molecular flexibility index (Phi) is 8.91. The highest BCUT2D eigenvalue weighted by atomic mass is 28.3. The standard InChI is InChI=1S/C53H52N2Si2/c1-53(2)49-35-41(54(39-23-29-43(30-24-39)56(3,4)5)51-21-13-17-37-15-9-11-19-45(37)51)27-33-47(49)48-34-28-42(36-50(48)53)55(40-25-31-44(32-26-40)57(6,7)8)52-22-14-18-38-16-10-12-20-46(38)52/h9-36H,1-8H3. The maximum Gasteiger partial charge on any atom is 0.0775 e. The maximum absolute atomic E-state index is 2.47. The van der Waals surface area contributed by atoms with Gasteiger partial charge in [0.15, 0.2) is 0 Å². The van der Waals surface area contributed by atoms with Crippen LogP contribution in [0.25, 0.3) is 32.7 Å². The van der Waals surface area contributed by atoms with Crippen molar-refractivity contribution in [2.24, 2.45) is 0 Å². The van der Waals surface area contributed by atoms with Crippen LogP contribution in [-0.2, 0) is 5.41 Å². The van der Waals surface area contributed by atoms with Gasteiger partial charge in [0.05, 0.1) is 27.5 Å². The van der Waals surface area contributed by atoms with Gasteiger partial charge in [0.25, 0.3) is 0 Å². The Morgan fingerprint density at radius 2 is 0.719 bits per heavy atom. The molecule has 0 saturated heterocycles. The lowest BCUT2D eigenvalue weighted by Crippen LogP contribution is -2.37. The molecule has 0 saturated carbocycles. The van der Waals surface area contributed by atoms with Gasteiger partial charge in [-0.25, -0.2) is 0 Å². The Morgan fingerprint density at radius 1 is 0.368 bits per heavy atom. The molecule has 282 valence electrons. The predicted octanol–water partition coefficient (Wildman–Crippen LogP) is 14.3. The predicted molar refractivity (Wildman–Crippen MR) is 254 cm³/mol. The van der Waals surface area contributed by atoms with E-state index < -0.39 is 16.1 Å². The molecule has 2 nitrogen and oxygen atoms in total. The molecular formula is C53H52N2Si2. The zero-order valence-electron chi connectivity index (χ0n) is 34.6. The number of benzene rings is 8. The summed E-state index contributed by atoms with van der Waals surface area (Å²) in [7, 11) is -2.93. The summed E-state index contributed by atoms with van der Waals surface area (Å²) in [6.07, 6.45) is 0. The minimum absolute atomic E-state index is 0.227. The molecule has 0 aliphatic heterocycles. The van der Waals surface area contributed by atoms with Gasteiger partial charge in [-0.3, -0.25) is 0 Å². The highest BCUT2D eigenvalue weighted by molar-refractivity contribution is 6.89. The third-order valence-electron chi connectivity index (χ3n) is 12.2. The molecule has 1 aliphatic rings. The molecule has 57 heavy (non-hydrogen) atoms. The van der Waals surface area contributed by atoms with Gasteiger partial charge < -0.3 is 9.80 Å². The Balaban J connectivity index is 1.18. The van der Waals surface area contributed by atoms with Crippen LogP contribution in [0.15, 0.2) is 170 Å². The Labute approximate surface area is 341 Å². The van der Waals surface area contributed by atoms with Gasteiger partial charge in [-0.15, -0.1) is 0 Å². The fourth-order valence-electron chi connectivity index (χ4n) is 8.87. The molecule has 9 rings (SSSR count). The van der Waals surface area contributed by atoms with E-state index in [1.807, 2.05) is 0 Å². The molecule has 0 radical (unpaired) electrons. The molecule has 0 spiro atoms. The molecule has 4 heteroatoms. The van der Waals surface area contributed by atoms with E-state index in [0.29, 0.717) is 0 Å². The van der Waals surface area contributed by atoms with Crippen molar-refractivity contribution in [2.45, 2.75) is 58.5 Å². The van der Waals surface area contributed by atoms with Crippen LogP contribution in [0, 0.1) is 0 Å². The van der Waals surface area contributed by atoms with Crippen LogP contribution >= 0.6 is 0 Å². The van der Waals surface area contributed by atoms with Gasteiger partial charge in [0.2, 0.25) is 0 Å². The van der Waals surface area contributed by atoms with Gasteiger partial charge in [-0.1, -0.05) is 173 Å². The molecule has 0 atom stereocenters. The summed E-state index contributed by atoms with van der Waals surface area (Å²) in [5.41, 5.74) is 12.2. The van der Waals surface area contributed by atoms with Gasteiger partial charge in [0, 0.05) is 38.9 Å². The highest BCUT2D eigenvalue weighted by Crippen LogP contribution is 2.53. The van der Waals surface area contributed by atoms with Crippen molar-refractivity contribution >= 4 is 82.2 Å². The monoisotopic (exact) mass is 772 g/mol. The lowest BCUT2D eigenvalue weighted by atomic mass is 9.82. The van der Waals surface area contributed by atoms with Gasteiger partial charge in [0.1, 0.15) is 0 Å². The molecule has 0 heterocycles. The van der Waals surface area contributed by atoms with E-state index in [4.69, 9.17) is 0 Å². The maximum atomic E-state index is 2.47. The quantitative estimate of drug-likeness (QED) is 0.142. The molecule has 0 amide bonds. The third-order valence-corrected chi connectivity index (χ3v) is 16.3. The van der Waals surface area contributed by atoms with Crippen LogP contribution in [0.3, 0.4) is 0 Å². The number of hydrogen-bond donors (Lipinski definition) is 0. The highest BCUT2D eigenvalue weighted by Gasteiger charge is 2.37. The summed E-state index contributed by atoms with van der Waals surface area (Å²) >= 11 is 0. The number of fused-ring (bicyclic) bond motifs is 5. The summed E-state index contributed by atoms with van der Waals surface area (Å²) in [5, 5.41) is 7.91. The van der Waals surface area contributed by atoms with Gasteiger partial charge in [-0.2, -0.15) is 0 Å². The number of anilines is 6. The number of rotatable bonds is 8. The zero-order chi connectivity index (χ0) is 39.7. The average molecular weight is 773 g/mol. The minimum atomic E-state index is -1.46. The smallest absolute Gasteiger partial charge is 0.0775 e. The third kappa shape index (κ3) is 6.51. The van der Waals surface area contributed by atoms with Crippen LogP contribution in [-0.4, -0.2) is 16.1 Å². The topological polar surface area (TPSA) is 6.48 Å². The van der Waals surface area contributed by atoms with E-state index in [-0.39, 0.29) is 5.41 Å². The second-order valence-electron chi connectivity index (χ2n) is 18.3. The van der Waals surface area contributed by atoms with Crippen LogP contribution in [0.4, 0.5) is 34.1 Å². The first-order valence-corrected chi connectivity index (χ1v) is 27.4. The summed E-state index contributed by atoms with van der Waals surface area (Å²) < 4.78 is 0. The number of hydrogen-bond acceptors (Lipinski definition) is 2. The summed E-state index contributed by atoms with van der Waals surface area (Å²) in [4.78, 5) is 4.93. The van der Waals surface area contributed by atoms with Crippen LogP contribution in [0.5, 0.6) is 0 Å². The molecule has 8 aromatic carbocycles. The largest absolute Gasteiger partial charge is 0.310 e. The minimum Gasteiger partial charge on any atom is -0.310 e. The first-order valence-electron chi connectivity index (χ1n) is 20.4. The van der Waals surface area contributed by atoms with E-state index in [1.54, 1.807) is 0 Å². The van der Waals surface area contributed by atoms with E-state index in [2.05, 4.69) is 233 Å². The van der Waals surface area contributed by atoms with Crippen molar-refractivity contribution in [3.63, 3.8) is 0 Å². The Bertz CT molecular complexity index is 2580. The van der Waals surface area contributed by atoms with Crippen LogP contribution in [0.2, 0.25) is 39.3 Å². The second-order valence-corrected chi connectivity index (χ2v) is 28.5. The van der Waals surface area contributed by atoms with Crippen molar-refractivity contribution < 1.29 is 0 Å². The fourth-order valence-corrected chi connectivity index (χ4v) is 11.2. The molecule has 0 aromatic heterocycles. The van der Waals surface area contributed by atoms with Crippen molar-refractivity contribution in [3.05, 3.63) is 181 Å². The van der Waals surface area contributed by atoms with Crippen molar-refractivity contribution in [2.75, 3.05) is 9.80 Å². The molecule has 0 unspecified atom stereocenters. The zero-order valence-corrected chi connectivity index (χ0v) is 36.6. The Morgan fingerprint density at radius 3 is 1.11 bits per heavy atom. The second kappa shape index (κ2) is 13.8. The summed E-state index contributed by atoms with van der Waals surface area (Å²) in [5.74, 6) is 0. The van der Waals surface area contributed by atoms with Crippen LogP contribution in [0.1, 0.15) is 25.0 Å². The van der Waals surface area contributed by atoms with Gasteiger partial charge in [-0.05, 0) is 93.7 Å². The van der Waals surface area contributed by atoms with E-state index in [0.717, 1.165) is 0 Å². The van der Waals surface area contributed by atoms with E-state index in [1.165, 1.54) is 88.3 Å². The first-order chi connectivity index (χ1) is 27.3. The molecule has 0 N–H and O–H groups in total. The van der Waals surface area contributed by atoms with Crippen molar-refractivity contribution in [1.82, 2.24) is 0 Å². The lowest BCUT2D eigenvalue weighted by molar-refractivity contribution is 0.660. The fraction of sp³-hybridized carbons (Fsp3) is 0.170. The molecule has 0 bridgehead atoms. The summed E-state index contributed by atoms with van der Waals surface area (Å²) in [6.45, 7) is 19.3. The SMILES string of the molecule is CC1(C)c2cc(N(c3ccc([Si](C)(C)C)cc3)c3cccc4ccccc34)ccc2-c2ccc(N(c3ccc([Si](C)(C)C)cc3)c3cccc4ccccc34)cc21. The summed E-state index contributed by atoms with van der Waals surface area (Å²) in [6, 6.07) is 63.9. The lowest BCUT2D eigenvalue weighted by Gasteiger charge is -2.30. The van der Waals surface area contributed by atoms with Crippen LogP contribution < -0.4 is 20.2 Å². The molecule has 8 aromatic rings. The van der Waals surface area contributed by atoms with Gasteiger partial charge >= 0.3 is 0 Å². The van der Waals surface area contributed by atoms with E-state index >= 15 is 0 Å². The normalized spacial score (nSPS) is 13.4. The molecule has 1 aliphatic carbocycles. The van der Waals surface area contributed by atoms with Crippen molar-refractivity contribution in [3.8, 4) is 11.1 Å².